The van der Waals surface area contributed by atoms with Gasteiger partial charge < -0.3 is 9.30 Å². The molecule has 0 unspecified atom stereocenters. The number of aryl methyl sites for hydroxylation is 2. The van der Waals surface area contributed by atoms with Crippen molar-refractivity contribution in [3.63, 3.8) is 0 Å². The predicted octanol–water partition coefficient (Wildman–Crippen LogP) is 1.91. The lowest BCUT2D eigenvalue weighted by Crippen LogP contribution is -2.22. The summed E-state index contributed by atoms with van der Waals surface area (Å²) in [4.78, 5) is 18.1. The average molecular weight is 231 g/mol. The second-order valence-corrected chi connectivity index (χ2v) is 4.34. The highest BCUT2D eigenvalue weighted by Crippen LogP contribution is 2.18. The molecule has 0 aromatic carbocycles. The molecule has 90 valence electrons. The van der Waals surface area contributed by atoms with E-state index < -0.39 is 0 Å². The first-order chi connectivity index (χ1) is 8.06. The van der Waals surface area contributed by atoms with Gasteiger partial charge in [0, 0.05) is 26.7 Å². The summed E-state index contributed by atoms with van der Waals surface area (Å²) in [5.41, 5.74) is 2.54. The van der Waals surface area contributed by atoms with Gasteiger partial charge in [0.1, 0.15) is 5.82 Å². The topological polar surface area (TPSA) is 37.6 Å². The Hall–Kier alpha value is -1.84. The first-order valence-electron chi connectivity index (χ1n) is 5.74. The van der Waals surface area contributed by atoms with Crippen molar-refractivity contribution in [3.05, 3.63) is 35.4 Å². The second-order valence-electron chi connectivity index (χ2n) is 4.34. The standard InChI is InChI=1S/C13H17N3O/c1-5-10-14-11(13(17)15(3)4)12-9(2)7-6-8-16(10)12/h6-8H,5H2,1-4H3. The maximum Gasteiger partial charge on any atom is 0.274 e. The van der Waals surface area contributed by atoms with Crippen LogP contribution in [0.2, 0.25) is 0 Å². The Morgan fingerprint density at radius 3 is 2.76 bits per heavy atom. The largest absolute Gasteiger partial charge is 0.343 e. The van der Waals surface area contributed by atoms with E-state index in [-0.39, 0.29) is 5.91 Å². The fraction of sp³-hybridized carbons (Fsp3) is 0.385. The lowest BCUT2D eigenvalue weighted by Gasteiger charge is -2.08. The number of hydrogen-bond acceptors (Lipinski definition) is 2. The highest BCUT2D eigenvalue weighted by atomic mass is 16.2. The van der Waals surface area contributed by atoms with E-state index in [2.05, 4.69) is 4.98 Å². The van der Waals surface area contributed by atoms with Crippen LogP contribution in [0.25, 0.3) is 5.52 Å². The Kier molecular flexibility index (Phi) is 2.88. The zero-order valence-corrected chi connectivity index (χ0v) is 10.7. The van der Waals surface area contributed by atoms with Gasteiger partial charge in [-0.25, -0.2) is 4.98 Å². The molecular formula is C13H17N3O. The molecule has 1 amide bonds. The number of hydrogen-bond donors (Lipinski definition) is 0. The van der Waals surface area contributed by atoms with E-state index in [9.17, 15) is 4.79 Å². The molecule has 0 fully saturated rings. The summed E-state index contributed by atoms with van der Waals surface area (Å²) >= 11 is 0. The summed E-state index contributed by atoms with van der Waals surface area (Å²) in [6.07, 6.45) is 2.77. The van der Waals surface area contributed by atoms with Gasteiger partial charge in [-0.15, -0.1) is 0 Å². The number of amides is 1. The molecule has 4 nitrogen and oxygen atoms in total. The van der Waals surface area contributed by atoms with Crippen LogP contribution in [0.1, 0.15) is 28.8 Å². The number of rotatable bonds is 2. The molecule has 0 N–H and O–H groups in total. The molecular weight excluding hydrogens is 214 g/mol. The number of aromatic nitrogens is 2. The molecule has 0 aliphatic carbocycles. The minimum atomic E-state index is -0.0449. The molecule has 4 heteroatoms. The molecule has 0 bridgehead atoms. The van der Waals surface area contributed by atoms with E-state index >= 15 is 0 Å². The SMILES string of the molecule is CCc1nc(C(=O)N(C)C)c2c(C)cccn12. The summed E-state index contributed by atoms with van der Waals surface area (Å²) in [7, 11) is 3.49. The fourth-order valence-corrected chi connectivity index (χ4v) is 1.98. The number of pyridine rings is 1. The Morgan fingerprint density at radius 2 is 2.18 bits per heavy atom. The van der Waals surface area contributed by atoms with E-state index in [4.69, 9.17) is 0 Å². The summed E-state index contributed by atoms with van der Waals surface area (Å²) in [6.45, 7) is 4.05. The monoisotopic (exact) mass is 231 g/mol. The van der Waals surface area contributed by atoms with Crippen LogP contribution in [-0.2, 0) is 6.42 Å². The van der Waals surface area contributed by atoms with Crippen LogP contribution in [0, 0.1) is 6.92 Å². The third-order valence-corrected chi connectivity index (χ3v) is 2.86. The molecule has 2 rings (SSSR count). The molecule has 0 aliphatic heterocycles. The average Bonchev–Trinajstić information content (AvgIpc) is 2.68. The summed E-state index contributed by atoms with van der Waals surface area (Å²) in [5.74, 6) is 0.880. The number of fused-ring (bicyclic) bond motifs is 1. The van der Waals surface area contributed by atoms with Crippen LogP contribution in [0.4, 0.5) is 0 Å². The Bertz CT molecular complexity index is 569. The van der Waals surface area contributed by atoms with Crippen molar-refractivity contribution in [2.24, 2.45) is 0 Å². The molecule has 2 aromatic rings. The minimum Gasteiger partial charge on any atom is -0.343 e. The molecule has 0 saturated heterocycles. The number of carbonyl (C=O) groups is 1. The molecule has 2 aromatic heterocycles. The molecule has 2 heterocycles. The zero-order chi connectivity index (χ0) is 12.6. The van der Waals surface area contributed by atoms with Gasteiger partial charge in [-0.2, -0.15) is 0 Å². The van der Waals surface area contributed by atoms with Crippen LogP contribution in [0.5, 0.6) is 0 Å². The zero-order valence-electron chi connectivity index (χ0n) is 10.7. The van der Waals surface area contributed by atoms with E-state index in [0.717, 1.165) is 23.3 Å². The van der Waals surface area contributed by atoms with E-state index in [1.54, 1.807) is 19.0 Å². The number of imidazole rings is 1. The van der Waals surface area contributed by atoms with Gasteiger partial charge in [-0.05, 0) is 18.6 Å². The normalized spacial score (nSPS) is 10.8. The third-order valence-electron chi connectivity index (χ3n) is 2.86. The summed E-state index contributed by atoms with van der Waals surface area (Å²) < 4.78 is 2.01. The predicted molar refractivity (Wildman–Crippen MR) is 67.3 cm³/mol. The van der Waals surface area contributed by atoms with E-state index in [1.165, 1.54) is 0 Å². The van der Waals surface area contributed by atoms with Crippen LogP contribution in [0.15, 0.2) is 18.3 Å². The van der Waals surface area contributed by atoms with Gasteiger partial charge in [0.05, 0.1) is 5.52 Å². The molecule has 0 aliphatic rings. The first kappa shape index (κ1) is 11.6. The minimum absolute atomic E-state index is 0.0449. The van der Waals surface area contributed by atoms with E-state index in [0.29, 0.717) is 5.69 Å². The maximum absolute atomic E-state index is 12.1. The highest BCUT2D eigenvalue weighted by Gasteiger charge is 2.19. The van der Waals surface area contributed by atoms with Crippen molar-refractivity contribution in [3.8, 4) is 0 Å². The molecule has 17 heavy (non-hydrogen) atoms. The number of nitrogens with zero attached hydrogens (tertiary/aromatic N) is 3. The Morgan fingerprint density at radius 1 is 1.47 bits per heavy atom. The maximum atomic E-state index is 12.1. The third kappa shape index (κ3) is 1.79. The van der Waals surface area contributed by atoms with Crippen molar-refractivity contribution < 1.29 is 4.79 Å². The van der Waals surface area contributed by atoms with Crippen LogP contribution in [0.3, 0.4) is 0 Å². The Balaban J connectivity index is 2.76. The summed E-state index contributed by atoms with van der Waals surface area (Å²) in [5, 5.41) is 0. The summed E-state index contributed by atoms with van der Waals surface area (Å²) in [6, 6.07) is 3.98. The van der Waals surface area contributed by atoms with Crippen LogP contribution >= 0.6 is 0 Å². The molecule has 0 radical (unpaired) electrons. The van der Waals surface area contributed by atoms with Crippen molar-refractivity contribution >= 4 is 11.4 Å². The Labute approximate surface area is 101 Å². The quantitative estimate of drug-likeness (QED) is 0.791. The van der Waals surface area contributed by atoms with Gasteiger partial charge in [-0.3, -0.25) is 4.79 Å². The van der Waals surface area contributed by atoms with Gasteiger partial charge in [0.15, 0.2) is 5.69 Å². The van der Waals surface area contributed by atoms with E-state index in [1.807, 2.05) is 36.6 Å². The van der Waals surface area contributed by atoms with Gasteiger partial charge >= 0.3 is 0 Å². The first-order valence-corrected chi connectivity index (χ1v) is 5.74. The van der Waals surface area contributed by atoms with Gasteiger partial charge in [-0.1, -0.05) is 13.0 Å². The smallest absolute Gasteiger partial charge is 0.274 e. The lowest BCUT2D eigenvalue weighted by molar-refractivity contribution is 0.0824. The molecule has 0 atom stereocenters. The van der Waals surface area contributed by atoms with Crippen molar-refractivity contribution in [2.75, 3.05) is 14.1 Å². The molecule has 0 saturated carbocycles. The van der Waals surface area contributed by atoms with Gasteiger partial charge in [0.2, 0.25) is 0 Å². The van der Waals surface area contributed by atoms with Crippen molar-refractivity contribution in [1.82, 2.24) is 14.3 Å². The van der Waals surface area contributed by atoms with Gasteiger partial charge in [0.25, 0.3) is 5.91 Å². The molecule has 0 spiro atoms. The van der Waals surface area contributed by atoms with Crippen molar-refractivity contribution in [1.29, 1.82) is 0 Å². The lowest BCUT2D eigenvalue weighted by atomic mass is 10.2. The van der Waals surface area contributed by atoms with Crippen LogP contribution in [-0.4, -0.2) is 34.3 Å². The number of carbonyl (C=O) groups excluding carboxylic acids is 1. The second kappa shape index (κ2) is 4.20. The van der Waals surface area contributed by atoms with Crippen molar-refractivity contribution in [2.45, 2.75) is 20.3 Å². The highest BCUT2D eigenvalue weighted by molar-refractivity contribution is 5.99. The van der Waals surface area contributed by atoms with Crippen LogP contribution < -0.4 is 0 Å². The fourth-order valence-electron chi connectivity index (χ4n) is 1.98.